The normalized spacial score (nSPS) is 11.8. The van der Waals surface area contributed by atoms with Crippen LogP contribution in [0.15, 0.2) is 58.2 Å². The van der Waals surface area contributed by atoms with Crippen molar-refractivity contribution in [3.05, 3.63) is 53.0 Å². The molecule has 0 radical (unpaired) electrons. The highest BCUT2D eigenvalue weighted by atomic mass is 79.9. The lowest BCUT2D eigenvalue weighted by atomic mass is 10.2. The van der Waals surface area contributed by atoms with Crippen molar-refractivity contribution in [3.8, 4) is 17.1 Å². The van der Waals surface area contributed by atoms with Gasteiger partial charge in [0.15, 0.2) is 5.82 Å². The fraction of sp³-hybridized carbons (Fsp3) is 0.211. The minimum atomic E-state index is -0.437. The van der Waals surface area contributed by atoms with Gasteiger partial charge in [-0.3, -0.25) is 4.79 Å². The summed E-state index contributed by atoms with van der Waals surface area (Å²) in [4.78, 5) is 12.6. The summed E-state index contributed by atoms with van der Waals surface area (Å²) in [5.41, 5.74) is 1.46. The molecule has 146 valence electrons. The number of hydrogen-bond donors (Lipinski definition) is 2. The summed E-state index contributed by atoms with van der Waals surface area (Å²) in [6, 6.07) is 14.9. The Kier molecular flexibility index (Phi) is 6.58. The van der Waals surface area contributed by atoms with Crippen LogP contribution in [0.3, 0.4) is 0 Å². The molecule has 1 atom stereocenters. The first kappa shape index (κ1) is 20.2. The summed E-state index contributed by atoms with van der Waals surface area (Å²) in [5.74, 6) is 7.14. The summed E-state index contributed by atoms with van der Waals surface area (Å²) in [5, 5.41) is 11.2. The third-order valence-corrected chi connectivity index (χ3v) is 5.62. The lowest BCUT2D eigenvalue weighted by Crippen LogP contribution is -2.24. The van der Waals surface area contributed by atoms with Crippen LogP contribution in [0.2, 0.25) is 0 Å². The molecule has 1 amide bonds. The number of aromatic nitrogens is 3. The van der Waals surface area contributed by atoms with Gasteiger partial charge >= 0.3 is 0 Å². The average molecular weight is 462 g/mol. The van der Waals surface area contributed by atoms with Gasteiger partial charge in [0, 0.05) is 10.0 Å². The maximum absolute atomic E-state index is 12.6. The molecule has 0 aliphatic carbocycles. The number of para-hydroxylation sites is 2. The lowest BCUT2D eigenvalue weighted by Gasteiger charge is -2.14. The standard InChI is InChI=1S/C19H20BrN5O2S/c1-3-27-16-11-7-6-10-15(16)22-18(26)12(2)28-19-24-23-17(25(19)21)13-8-4-5-9-14(13)20/h4-12H,3,21H2,1-2H3,(H,22,26). The van der Waals surface area contributed by atoms with E-state index in [0.29, 0.717) is 29.0 Å². The number of carbonyl (C=O) groups is 1. The molecule has 0 bridgehead atoms. The predicted octanol–water partition coefficient (Wildman–Crippen LogP) is 3.94. The molecular formula is C19H20BrN5O2S. The number of ether oxygens (including phenoxy) is 1. The number of halogens is 1. The number of amides is 1. The number of hydrogen-bond acceptors (Lipinski definition) is 6. The van der Waals surface area contributed by atoms with E-state index < -0.39 is 5.25 Å². The van der Waals surface area contributed by atoms with Crippen LogP contribution in [0.25, 0.3) is 11.4 Å². The average Bonchev–Trinajstić information content (AvgIpc) is 3.04. The molecule has 3 rings (SSSR count). The third kappa shape index (κ3) is 4.48. The Morgan fingerprint density at radius 1 is 1.25 bits per heavy atom. The van der Waals surface area contributed by atoms with E-state index in [9.17, 15) is 4.79 Å². The van der Waals surface area contributed by atoms with Gasteiger partial charge in [-0.05, 0) is 38.1 Å². The second kappa shape index (κ2) is 9.11. The van der Waals surface area contributed by atoms with E-state index >= 15 is 0 Å². The number of anilines is 1. The molecule has 0 aliphatic heterocycles. The monoisotopic (exact) mass is 461 g/mol. The van der Waals surface area contributed by atoms with E-state index in [1.54, 1.807) is 13.0 Å². The van der Waals surface area contributed by atoms with Crippen LogP contribution in [0.1, 0.15) is 13.8 Å². The number of nitrogens with zero attached hydrogens (tertiary/aromatic N) is 3. The van der Waals surface area contributed by atoms with E-state index in [0.717, 1.165) is 10.0 Å². The van der Waals surface area contributed by atoms with Crippen LogP contribution in [0, 0.1) is 0 Å². The van der Waals surface area contributed by atoms with Gasteiger partial charge in [-0.2, -0.15) is 0 Å². The quantitative estimate of drug-likeness (QED) is 0.408. The van der Waals surface area contributed by atoms with Crippen LogP contribution in [-0.4, -0.2) is 32.6 Å². The Hall–Kier alpha value is -2.52. The van der Waals surface area contributed by atoms with Gasteiger partial charge < -0.3 is 15.9 Å². The molecule has 0 saturated carbocycles. The smallest absolute Gasteiger partial charge is 0.237 e. The minimum absolute atomic E-state index is 0.178. The zero-order valence-corrected chi connectivity index (χ0v) is 17.8. The number of nitrogens with two attached hydrogens (primary N) is 1. The van der Waals surface area contributed by atoms with Crippen molar-refractivity contribution in [1.29, 1.82) is 0 Å². The Labute approximate surface area is 175 Å². The molecule has 3 aromatic rings. The molecule has 3 N–H and O–H groups in total. The summed E-state index contributed by atoms with van der Waals surface area (Å²) in [6.45, 7) is 4.20. The van der Waals surface area contributed by atoms with Gasteiger partial charge in [-0.15, -0.1) is 10.2 Å². The van der Waals surface area contributed by atoms with Gasteiger partial charge in [0.05, 0.1) is 17.5 Å². The number of carbonyl (C=O) groups excluding carboxylic acids is 1. The van der Waals surface area contributed by atoms with E-state index in [1.807, 2.05) is 49.4 Å². The zero-order valence-electron chi connectivity index (χ0n) is 15.4. The third-order valence-electron chi connectivity index (χ3n) is 3.88. The topological polar surface area (TPSA) is 95.1 Å². The van der Waals surface area contributed by atoms with Crippen LogP contribution < -0.4 is 15.9 Å². The molecule has 7 nitrogen and oxygen atoms in total. The summed E-state index contributed by atoms with van der Waals surface area (Å²) < 4.78 is 7.80. The van der Waals surface area contributed by atoms with Crippen molar-refractivity contribution in [2.45, 2.75) is 24.3 Å². The van der Waals surface area contributed by atoms with Crippen molar-refractivity contribution >= 4 is 39.3 Å². The molecule has 1 unspecified atom stereocenters. The molecule has 2 aromatic carbocycles. The number of thioether (sulfide) groups is 1. The number of rotatable bonds is 7. The highest BCUT2D eigenvalue weighted by molar-refractivity contribution is 9.10. The summed E-state index contributed by atoms with van der Waals surface area (Å²) in [7, 11) is 0. The Balaban J connectivity index is 1.72. The molecule has 1 aromatic heterocycles. The molecule has 0 saturated heterocycles. The number of nitrogen functional groups attached to an aromatic ring is 1. The fourth-order valence-corrected chi connectivity index (χ4v) is 3.71. The van der Waals surface area contributed by atoms with E-state index in [-0.39, 0.29) is 5.91 Å². The van der Waals surface area contributed by atoms with Gasteiger partial charge in [0.2, 0.25) is 11.1 Å². The number of nitrogens with one attached hydrogen (secondary N) is 1. The Bertz CT molecular complexity index is 978. The maximum atomic E-state index is 12.6. The van der Waals surface area contributed by atoms with Gasteiger partial charge in [0.25, 0.3) is 0 Å². The zero-order chi connectivity index (χ0) is 20.1. The molecule has 0 spiro atoms. The Morgan fingerprint density at radius 2 is 1.96 bits per heavy atom. The molecule has 0 fully saturated rings. The van der Waals surface area contributed by atoms with Crippen LogP contribution >= 0.6 is 27.7 Å². The minimum Gasteiger partial charge on any atom is -0.492 e. The van der Waals surface area contributed by atoms with Crippen molar-refractivity contribution < 1.29 is 9.53 Å². The molecule has 28 heavy (non-hydrogen) atoms. The maximum Gasteiger partial charge on any atom is 0.237 e. The van der Waals surface area contributed by atoms with Crippen LogP contribution in [0.5, 0.6) is 5.75 Å². The van der Waals surface area contributed by atoms with Gasteiger partial charge in [-0.25, -0.2) is 4.68 Å². The Morgan fingerprint density at radius 3 is 2.71 bits per heavy atom. The van der Waals surface area contributed by atoms with Crippen LogP contribution in [-0.2, 0) is 4.79 Å². The molecular weight excluding hydrogens is 442 g/mol. The van der Waals surface area contributed by atoms with E-state index in [2.05, 4.69) is 31.4 Å². The van der Waals surface area contributed by atoms with Gasteiger partial charge in [-0.1, -0.05) is 52.0 Å². The molecule has 0 aliphatic rings. The second-order valence-corrected chi connectivity index (χ2v) is 8.00. The first-order valence-electron chi connectivity index (χ1n) is 8.66. The molecule has 9 heteroatoms. The highest BCUT2D eigenvalue weighted by Gasteiger charge is 2.21. The highest BCUT2D eigenvalue weighted by Crippen LogP contribution is 2.30. The van der Waals surface area contributed by atoms with Crippen molar-refractivity contribution in [3.63, 3.8) is 0 Å². The van der Waals surface area contributed by atoms with Crippen molar-refractivity contribution in [1.82, 2.24) is 14.9 Å². The van der Waals surface area contributed by atoms with Gasteiger partial charge in [0.1, 0.15) is 5.75 Å². The SMILES string of the molecule is CCOc1ccccc1NC(=O)C(C)Sc1nnc(-c2ccccc2Br)n1N. The van der Waals surface area contributed by atoms with Crippen molar-refractivity contribution in [2.75, 3.05) is 17.8 Å². The molecule has 1 heterocycles. The number of benzene rings is 2. The second-order valence-electron chi connectivity index (χ2n) is 5.83. The fourth-order valence-electron chi connectivity index (χ4n) is 2.48. The largest absolute Gasteiger partial charge is 0.492 e. The first-order chi connectivity index (χ1) is 13.5. The lowest BCUT2D eigenvalue weighted by molar-refractivity contribution is -0.115. The first-order valence-corrected chi connectivity index (χ1v) is 10.3. The van der Waals surface area contributed by atoms with Crippen molar-refractivity contribution in [2.24, 2.45) is 0 Å². The van der Waals surface area contributed by atoms with E-state index in [1.165, 1.54) is 16.4 Å². The summed E-state index contributed by atoms with van der Waals surface area (Å²) in [6.07, 6.45) is 0. The summed E-state index contributed by atoms with van der Waals surface area (Å²) >= 11 is 4.72. The predicted molar refractivity (Wildman–Crippen MR) is 115 cm³/mol. The van der Waals surface area contributed by atoms with E-state index in [4.69, 9.17) is 10.6 Å². The van der Waals surface area contributed by atoms with Crippen LogP contribution in [0.4, 0.5) is 5.69 Å².